The number of aliphatic hydroxyl groups excluding tert-OH is 1. The summed E-state index contributed by atoms with van der Waals surface area (Å²) in [5.41, 5.74) is 1.72. The maximum atomic E-state index is 11.2. The third kappa shape index (κ3) is 5.29. The summed E-state index contributed by atoms with van der Waals surface area (Å²) in [6.45, 7) is 2.01. The number of unbranched alkanes of at least 4 members (excludes halogenated alkanes) is 2. The van der Waals surface area contributed by atoms with Crippen LogP contribution in [0, 0.1) is 0 Å². The van der Waals surface area contributed by atoms with Crippen LogP contribution < -0.4 is 5.32 Å². The standard InChI is InChI=1S/C14H21NO3/c1-18-14(17)13-7-5-12(6-8-13)11-15-9-3-2-4-10-16/h5-8,15-16H,2-4,9-11H2,1H3. The molecule has 0 bridgehead atoms. The van der Waals surface area contributed by atoms with Crippen LogP contribution in [-0.4, -0.2) is 31.3 Å². The van der Waals surface area contributed by atoms with Crippen molar-refractivity contribution in [1.82, 2.24) is 5.32 Å². The number of nitrogens with one attached hydrogen (secondary N) is 1. The lowest BCUT2D eigenvalue weighted by Crippen LogP contribution is -2.14. The smallest absolute Gasteiger partial charge is 0.337 e. The number of ether oxygens (including phenoxy) is 1. The molecule has 2 N–H and O–H groups in total. The molecule has 100 valence electrons. The maximum absolute atomic E-state index is 11.2. The van der Waals surface area contributed by atoms with Crippen LogP contribution in [0.2, 0.25) is 0 Å². The predicted octanol–water partition coefficient (Wildman–Crippen LogP) is 1.73. The monoisotopic (exact) mass is 251 g/mol. The third-order valence-electron chi connectivity index (χ3n) is 2.72. The molecule has 0 fully saturated rings. The van der Waals surface area contributed by atoms with Crippen LogP contribution in [0.1, 0.15) is 35.2 Å². The summed E-state index contributed by atoms with van der Waals surface area (Å²) in [7, 11) is 1.38. The summed E-state index contributed by atoms with van der Waals surface area (Å²) in [5.74, 6) is -0.307. The van der Waals surface area contributed by atoms with Crippen molar-refractivity contribution in [3.63, 3.8) is 0 Å². The Labute approximate surface area is 108 Å². The number of carbonyl (C=O) groups excluding carboxylic acids is 1. The normalized spacial score (nSPS) is 10.3. The Kier molecular flexibility index (Phi) is 7.06. The van der Waals surface area contributed by atoms with E-state index in [0.29, 0.717) is 5.56 Å². The van der Waals surface area contributed by atoms with Crippen molar-refractivity contribution >= 4 is 5.97 Å². The van der Waals surface area contributed by atoms with Crippen LogP contribution >= 0.6 is 0 Å². The second-order valence-corrected chi connectivity index (χ2v) is 4.15. The van der Waals surface area contributed by atoms with Gasteiger partial charge in [0.2, 0.25) is 0 Å². The number of hydrogen-bond donors (Lipinski definition) is 2. The van der Waals surface area contributed by atoms with Gasteiger partial charge in [-0.25, -0.2) is 4.79 Å². The Morgan fingerprint density at radius 1 is 1.22 bits per heavy atom. The second-order valence-electron chi connectivity index (χ2n) is 4.15. The molecule has 0 aliphatic heterocycles. The molecule has 0 saturated heterocycles. The first-order valence-electron chi connectivity index (χ1n) is 6.26. The first-order valence-corrected chi connectivity index (χ1v) is 6.26. The van der Waals surface area contributed by atoms with Crippen LogP contribution in [-0.2, 0) is 11.3 Å². The maximum Gasteiger partial charge on any atom is 0.337 e. The van der Waals surface area contributed by atoms with E-state index in [4.69, 9.17) is 5.11 Å². The van der Waals surface area contributed by atoms with Gasteiger partial charge in [-0.2, -0.15) is 0 Å². The number of rotatable bonds is 8. The summed E-state index contributed by atoms with van der Waals surface area (Å²) in [6.07, 6.45) is 2.99. The van der Waals surface area contributed by atoms with E-state index < -0.39 is 0 Å². The van der Waals surface area contributed by atoms with Gasteiger partial charge < -0.3 is 15.2 Å². The highest BCUT2D eigenvalue weighted by molar-refractivity contribution is 5.89. The Hall–Kier alpha value is -1.39. The van der Waals surface area contributed by atoms with Gasteiger partial charge in [0.05, 0.1) is 12.7 Å². The summed E-state index contributed by atoms with van der Waals surface area (Å²) in [5, 5.41) is 12.0. The number of aliphatic hydroxyl groups is 1. The minimum Gasteiger partial charge on any atom is -0.465 e. The zero-order chi connectivity index (χ0) is 13.2. The molecule has 0 atom stereocenters. The Balaban J connectivity index is 2.25. The van der Waals surface area contributed by atoms with E-state index in [2.05, 4.69) is 10.1 Å². The quantitative estimate of drug-likeness (QED) is 0.545. The van der Waals surface area contributed by atoms with Crippen molar-refractivity contribution < 1.29 is 14.6 Å². The van der Waals surface area contributed by atoms with E-state index in [9.17, 15) is 4.79 Å². The molecule has 0 aromatic heterocycles. The van der Waals surface area contributed by atoms with E-state index in [1.54, 1.807) is 12.1 Å². The van der Waals surface area contributed by atoms with Crippen LogP contribution in [0.15, 0.2) is 24.3 Å². The number of carbonyl (C=O) groups is 1. The van der Waals surface area contributed by atoms with Gasteiger partial charge in [0.15, 0.2) is 0 Å². The molecule has 18 heavy (non-hydrogen) atoms. The van der Waals surface area contributed by atoms with Crippen LogP contribution in [0.4, 0.5) is 0 Å². The van der Waals surface area contributed by atoms with Gasteiger partial charge in [-0.15, -0.1) is 0 Å². The van der Waals surface area contributed by atoms with Gasteiger partial charge in [0, 0.05) is 13.2 Å². The molecule has 0 radical (unpaired) electrons. The van der Waals surface area contributed by atoms with Gasteiger partial charge in [-0.05, 0) is 43.5 Å². The Bertz CT molecular complexity index is 349. The molecular formula is C14H21NO3. The lowest BCUT2D eigenvalue weighted by Gasteiger charge is -2.05. The fraction of sp³-hybridized carbons (Fsp3) is 0.500. The van der Waals surface area contributed by atoms with Crippen molar-refractivity contribution in [2.45, 2.75) is 25.8 Å². The summed E-state index contributed by atoms with van der Waals surface area (Å²) in [4.78, 5) is 11.2. The molecular weight excluding hydrogens is 230 g/mol. The van der Waals surface area contributed by atoms with E-state index in [0.717, 1.165) is 37.9 Å². The van der Waals surface area contributed by atoms with Crippen molar-refractivity contribution in [2.24, 2.45) is 0 Å². The zero-order valence-electron chi connectivity index (χ0n) is 10.8. The number of esters is 1. The fourth-order valence-corrected chi connectivity index (χ4v) is 1.65. The van der Waals surface area contributed by atoms with Crippen molar-refractivity contribution in [1.29, 1.82) is 0 Å². The average molecular weight is 251 g/mol. The van der Waals surface area contributed by atoms with Crippen LogP contribution in [0.25, 0.3) is 0 Å². The topological polar surface area (TPSA) is 58.6 Å². The molecule has 0 heterocycles. The molecule has 1 aromatic rings. The summed E-state index contributed by atoms with van der Waals surface area (Å²) >= 11 is 0. The summed E-state index contributed by atoms with van der Waals surface area (Å²) in [6, 6.07) is 7.39. The molecule has 1 aromatic carbocycles. The zero-order valence-corrected chi connectivity index (χ0v) is 10.8. The molecule has 0 aliphatic carbocycles. The minimum atomic E-state index is -0.307. The number of methoxy groups -OCH3 is 1. The van der Waals surface area contributed by atoms with E-state index in [1.807, 2.05) is 12.1 Å². The molecule has 0 saturated carbocycles. The molecule has 4 heteroatoms. The lowest BCUT2D eigenvalue weighted by molar-refractivity contribution is 0.0600. The predicted molar refractivity (Wildman–Crippen MR) is 70.4 cm³/mol. The largest absolute Gasteiger partial charge is 0.465 e. The highest BCUT2D eigenvalue weighted by atomic mass is 16.5. The van der Waals surface area contributed by atoms with Gasteiger partial charge in [-0.1, -0.05) is 12.1 Å². The Morgan fingerprint density at radius 2 is 1.94 bits per heavy atom. The van der Waals surface area contributed by atoms with E-state index >= 15 is 0 Å². The van der Waals surface area contributed by atoms with Crippen molar-refractivity contribution in [2.75, 3.05) is 20.3 Å². The average Bonchev–Trinajstić information content (AvgIpc) is 2.42. The third-order valence-corrected chi connectivity index (χ3v) is 2.72. The van der Waals surface area contributed by atoms with Gasteiger partial charge >= 0.3 is 5.97 Å². The molecule has 1 rings (SSSR count). The van der Waals surface area contributed by atoms with Gasteiger partial charge in [0.25, 0.3) is 0 Å². The first kappa shape index (κ1) is 14.7. The van der Waals surface area contributed by atoms with E-state index in [1.165, 1.54) is 7.11 Å². The fourth-order valence-electron chi connectivity index (χ4n) is 1.65. The van der Waals surface area contributed by atoms with Crippen LogP contribution in [0.5, 0.6) is 0 Å². The Morgan fingerprint density at radius 3 is 2.56 bits per heavy atom. The second kappa shape index (κ2) is 8.66. The minimum absolute atomic E-state index is 0.273. The summed E-state index contributed by atoms with van der Waals surface area (Å²) < 4.78 is 4.64. The lowest BCUT2D eigenvalue weighted by atomic mass is 10.1. The molecule has 0 aliphatic rings. The molecule has 0 amide bonds. The number of hydrogen-bond acceptors (Lipinski definition) is 4. The van der Waals surface area contributed by atoms with Crippen LogP contribution in [0.3, 0.4) is 0 Å². The molecule has 0 spiro atoms. The van der Waals surface area contributed by atoms with Gasteiger partial charge in [-0.3, -0.25) is 0 Å². The van der Waals surface area contributed by atoms with E-state index in [-0.39, 0.29) is 12.6 Å². The SMILES string of the molecule is COC(=O)c1ccc(CNCCCCCO)cc1. The first-order chi connectivity index (χ1) is 8.77. The number of benzene rings is 1. The highest BCUT2D eigenvalue weighted by Crippen LogP contribution is 2.05. The van der Waals surface area contributed by atoms with Gasteiger partial charge in [0.1, 0.15) is 0 Å². The van der Waals surface area contributed by atoms with Crippen molar-refractivity contribution in [3.8, 4) is 0 Å². The highest BCUT2D eigenvalue weighted by Gasteiger charge is 2.03. The molecule has 4 nitrogen and oxygen atoms in total. The molecule has 0 unspecified atom stereocenters. The van der Waals surface area contributed by atoms with Crippen molar-refractivity contribution in [3.05, 3.63) is 35.4 Å².